The number of ether oxygens (including phenoxy) is 2. The summed E-state index contributed by atoms with van der Waals surface area (Å²) in [4.78, 5) is 0. The zero-order valence-electron chi connectivity index (χ0n) is 12.0. The molecule has 2 aromatic rings. The number of allylic oxidation sites excluding steroid dienone is 1. The van der Waals surface area contributed by atoms with E-state index in [1.807, 2.05) is 30.3 Å². The van der Waals surface area contributed by atoms with E-state index in [1.54, 1.807) is 32.4 Å². The molecule has 0 spiro atoms. The Kier molecular flexibility index (Phi) is 4.47. The monoisotopic (exact) mass is 280 g/mol. The Morgan fingerprint density at radius 3 is 2.00 bits per heavy atom. The van der Waals surface area contributed by atoms with Gasteiger partial charge in [0, 0.05) is 11.6 Å². The first kappa shape index (κ1) is 14.5. The molecular formula is C17H16N2O2. The molecule has 0 amide bonds. The quantitative estimate of drug-likeness (QED) is 0.690. The Hall–Kier alpha value is -2.93. The molecule has 0 aliphatic carbocycles. The number of methoxy groups -OCH3 is 2. The van der Waals surface area contributed by atoms with Crippen molar-refractivity contribution in [3.8, 4) is 17.6 Å². The van der Waals surface area contributed by atoms with Crippen molar-refractivity contribution >= 4 is 11.3 Å². The Morgan fingerprint density at radius 1 is 0.952 bits per heavy atom. The summed E-state index contributed by atoms with van der Waals surface area (Å²) < 4.78 is 10.5. The minimum absolute atomic E-state index is 0.390. The first-order valence-electron chi connectivity index (χ1n) is 6.38. The number of benzene rings is 2. The summed E-state index contributed by atoms with van der Waals surface area (Å²) in [6.07, 6.45) is 0. The molecule has 0 heterocycles. The van der Waals surface area contributed by atoms with Crippen molar-refractivity contribution in [1.29, 1.82) is 5.26 Å². The van der Waals surface area contributed by atoms with Crippen molar-refractivity contribution in [2.45, 2.75) is 0 Å². The third-order valence-corrected chi connectivity index (χ3v) is 3.11. The lowest BCUT2D eigenvalue weighted by Gasteiger charge is -2.10. The molecule has 4 nitrogen and oxygen atoms in total. The largest absolute Gasteiger partial charge is 0.497 e. The van der Waals surface area contributed by atoms with Crippen molar-refractivity contribution in [2.75, 3.05) is 14.2 Å². The van der Waals surface area contributed by atoms with Gasteiger partial charge in [-0.2, -0.15) is 5.26 Å². The molecule has 2 aromatic carbocycles. The van der Waals surface area contributed by atoms with Gasteiger partial charge in [0.05, 0.1) is 25.5 Å². The minimum atomic E-state index is 0.390. The molecule has 0 unspecified atom stereocenters. The van der Waals surface area contributed by atoms with Crippen LogP contribution in [-0.4, -0.2) is 14.2 Å². The normalized spacial score (nSPS) is 11.3. The summed E-state index contributed by atoms with van der Waals surface area (Å²) in [6.45, 7) is 0. The number of nitrogens with two attached hydrogens (primary N) is 1. The average Bonchev–Trinajstić information content (AvgIpc) is 2.55. The molecular weight excluding hydrogens is 264 g/mol. The highest BCUT2D eigenvalue weighted by atomic mass is 16.5. The Labute approximate surface area is 124 Å². The molecule has 2 N–H and O–H groups in total. The molecule has 0 fully saturated rings. The van der Waals surface area contributed by atoms with E-state index in [4.69, 9.17) is 15.2 Å². The van der Waals surface area contributed by atoms with Crippen LogP contribution in [0.1, 0.15) is 11.1 Å². The van der Waals surface area contributed by atoms with Gasteiger partial charge in [-0.05, 0) is 17.7 Å². The fourth-order valence-corrected chi connectivity index (χ4v) is 1.99. The number of nitriles is 1. The summed E-state index contributed by atoms with van der Waals surface area (Å²) in [7, 11) is 3.14. The smallest absolute Gasteiger partial charge is 0.123 e. The lowest BCUT2D eigenvalue weighted by molar-refractivity contribution is 0.394. The van der Waals surface area contributed by atoms with E-state index in [-0.39, 0.29) is 0 Å². The number of hydrogen-bond donors (Lipinski definition) is 1. The van der Waals surface area contributed by atoms with Crippen molar-refractivity contribution in [3.05, 3.63) is 59.7 Å². The third kappa shape index (κ3) is 3.15. The van der Waals surface area contributed by atoms with Gasteiger partial charge in [0.1, 0.15) is 17.6 Å². The van der Waals surface area contributed by atoms with Crippen LogP contribution in [-0.2, 0) is 0 Å². The first-order valence-corrected chi connectivity index (χ1v) is 6.38. The minimum Gasteiger partial charge on any atom is -0.497 e. The number of hydrogen-bond acceptors (Lipinski definition) is 4. The molecule has 0 radical (unpaired) electrons. The number of rotatable bonds is 4. The molecule has 21 heavy (non-hydrogen) atoms. The van der Waals surface area contributed by atoms with E-state index in [0.717, 1.165) is 5.56 Å². The van der Waals surface area contributed by atoms with E-state index in [2.05, 4.69) is 6.07 Å². The van der Waals surface area contributed by atoms with Crippen molar-refractivity contribution in [3.63, 3.8) is 0 Å². The predicted molar refractivity (Wildman–Crippen MR) is 82.6 cm³/mol. The lowest BCUT2D eigenvalue weighted by atomic mass is 10.0. The summed E-state index contributed by atoms with van der Waals surface area (Å²) in [5.41, 5.74) is 8.45. The van der Waals surface area contributed by atoms with Crippen LogP contribution in [0.15, 0.2) is 48.5 Å². The summed E-state index contributed by atoms with van der Waals surface area (Å²) >= 11 is 0. The van der Waals surface area contributed by atoms with Gasteiger partial charge >= 0.3 is 0 Å². The maximum Gasteiger partial charge on any atom is 0.123 e. The van der Waals surface area contributed by atoms with Crippen LogP contribution >= 0.6 is 0 Å². The second kappa shape index (κ2) is 6.49. The molecule has 0 atom stereocenters. The zero-order chi connectivity index (χ0) is 15.2. The summed E-state index contributed by atoms with van der Waals surface area (Å²) in [5, 5.41) is 9.41. The van der Waals surface area contributed by atoms with Gasteiger partial charge in [-0.1, -0.05) is 30.3 Å². The van der Waals surface area contributed by atoms with Crippen LogP contribution in [0.5, 0.6) is 11.5 Å². The second-order valence-corrected chi connectivity index (χ2v) is 4.37. The number of nitrogens with zero attached hydrogens (tertiary/aromatic N) is 1. The Morgan fingerprint density at radius 2 is 1.52 bits per heavy atom. The van der Waals surface area contributed by atoms with Crippen molar-refractivity contribution < 1.29 is 9.47 Å². The molecule has 0 aliphatic heterocycles. The van der Waals surface area contributed by atoms with Gasteiger partial charge in [0.25, 0.3) is 0 Å². The van der Waals surface area contributed by atoms with Gasteiger partial charge in [0.15, 0.2) is 0 Å². The molecule has 0 bridgehead atoms. The predicted octanol–water partition coefficient (Wildman–Crippen LogP) is 3.05. The van der Waals surface area contributed by atoms with Gasteiger partial charge in [-0.3, -0.25) is 0 Å². The van der Waals surface area contributed by atoms with Crippen molar-refractivity contribution in [1.82, 2.24) is 0 Å². The van der Waals surface area contributed by atoms with Crippen LogP contribution < -0.4 is 15.2 Å². The van der Waals surface area contributed by atoms with Gasteiger partial charge in [-0.25, -0.2) is 0 Å². The fourth-order valence-electron chi connectivity index (χ4n) is 1.99. The summed E-state index contributed by atoms with van der Waals surface area (Å²) in [6, 6.07) is 16.8. The maximum atomic E-state index is 9.41. The van der Waals surface area contributed by atoms with E-state index >= 15 is 0 Å². The average molecular weight is 280 g/mol. The first-order chi connectivity index (χ1) is 10.2. The molecule has 106 valence electrons. The van der Waals surface area contributed by atoms with Crippen LogP contribution in [0.2, 0.25) is 0 Å². The fraction of sp³-hybridized carbons (Fsp3) is 0.118. The summed E-state index contributed by atoms with van der Waals surface area (Å²) in [5.74, 6) is 1.25. The van der Waals surface area contributed by atoms with Gasteiger partial charge in [-0.15, -0.1) is 0 Å². The van der Waals surface area contributed by atoms with E-state index in [0.29, 0.717) is 28.3 Å². The maximum absolute atomic E-state index is 9.41. The van der Waals surface area contributed by atoms with E-state index in [9.17, 15) is 5.26 Å². The topological polar surface area (TPSA) is 68.3 Å². The standard InChI is InChI=1S/C17H16N2O2/c1-20-14-8-13(9-15(10-14)21-2)17(19)16(11-18)12-6-4-3-5-7-12/h3-10H,19H2,1-2H3/b17-16+. The van der Waals surface area contributed by atoms with E-state index in [1.165, 1.54) is 0 Å². The molecule has 0 aromatic heterocycles. The molecule has 0 saturated carbocycles. The van der Waals surface area contributed by atoms with Crippen LogP contribution in [0.3, 0.4) is 0 Å². The highest BCUT2D eigenvalue weighted by molar-refractivity contribution is 5.96. The SMILES string of the molecule is COc1cc(OC)cc(/C(N)=C(/C#N)c2ccccc2)c1. The highest BCUT2D eigenvalue weighted by Gasteiger charge is 2.10. The highest BCUT2D eigenvalue weighted by Crippen LogP contribution is 2.28. The third-order valence-electron chi connectivity index (χ3n) is 3.11. The lowest BCUT2D eigenvalue weighted by Crippen LogP contribution is -2.02. The zero-order valence-corrected chi connectivity index (χ0v) is 12.0. The van der Waals surface area contributed by atoms with Crippen LogP contribution in [0.4, 0.5) is 0 Å². The van der Waals surface area contributed by atoms with Gasteiger partial charge < -0.3 is 15.2 Å². The van der Waals surface area contributed by atoms with Gasteiger partial charge in [0.2, 0.25) is 0 Å². The molecule has 2 rings (SSSR count). The van der Waals surface area contributed by atoms with Crippen LogP contribution in [0, 0.1) is 11.3 Å². The molecule has 4 heteroatoms. The molecule has 0 aliphatic rings. The Bertz CT molecular complexity index is 678. The van der Waals surface area contributed by atoms with E-state index < -0.39 is 0 Å². The van der Waals surface area contributed by atoms with Crippen LogP contribution in [0.25, 0.3) is 11.3 Å². The van der Waals surface area contributed by atoms with Crippen molar-refractivity contribution in [2.24, 2.45) is 5.73 Å². The molecule has 0 saturated heterocycles. The second-order valence-electron chi connectivity index (χ2n) is 4.37. The Balaban J connectivity index is 2.58.